The quantitative estimate of drug-likeness (QED) is 0.797. The Hall–Kier alpha value is -1.78. The van der Waals surface area contributed by atoms with E-state index in [1.807, 2.05) is 18.2 Å². The van der Waals surface area contributed by atoms with Crippen molar-refractivity contribution in [1.29, 1.82) is 0 Å². The molecule has 1 aliphatic rings. The minimum Gasteiger partial charge on any atom is -0.367 e. The first-order valence-corrected chi connectivity index (χ1v) is 8.96. The molecule has 1 saturated heterocycles. The van der Waals surface area contributed by atoms with Gasteiger partial charge in [0.1, 0.15) is 0 Å². The molecule has 0 amide bonds. The molecule has 0 atom stereocenters. The second-order valence-electron chi connectivity index (χ2n) is 6.12. The molecule has 3 rings (SSSR count). The molecule has 0 unspecified atom stereocenters. The molecule has 5 heteroatoms. The zero-order valence-corrected chi connectivity index (χ0v) is 15.6. The van der Waals surface area contributed by atoms with Crippen LogP contribution in [0, 0.1) is 13.8 Å². The summed E-state index contributed by atoms with van der Waals surface area (Å²) in [6.07, 6.45) is 0. The van der Waals surface area contributed by atoms with Gasteiger partial charge in [-0.15, -0.1) is 0 Å². The molecule has 0 saturated carbocycles. The summed E-state index contributed by atoms with van der Waals surface area (Å²) in [6, 6.07) is 14.3. The van der Waals surface area contributed by atoms with Crippen LogP contribution < -0.4 is 10.2 Å². The van der Waals surface area contributed by atoms with Gasteiger partial charge >= 0.3 is 0 Å². The van der Waals surface area contributed by atoms with Gasteiger partial charge in [-0.3, -0.25) is 0 Å². The number of hydrogen-bond donors (Lipinski definition) is 1. The van der Waals surface area contributed by atoms with E-state index in [9.17, 15) is 0 Å². The summed E-state index contributed by atoms with van der Waals surface area (Å²) in [6.45, 7) is 7.82. The van der Waals surface area contributed by atoms with Crippen molar-refractivity contribution in [3.8, 4) is 0 Å². The maximum absolute atomic E-state index is 6.31. The number of hydrogen-bond acceptors (Lipinski definition) is 2. The summed E-state index contributed by atoms with van der Waals surface area (Å²) in [4.78, 5) is 4.55. The summed E-state index contributed by atoms with van der Waals surface area (Å²) in [5.74, 6) is 0. The number of nitrogens with zero attached hydrogens (tertiary/aromatic N) is 2. The number of rotatable bonds is 2. The summed E-state index contributed by atoms with van der Waals surface area (Å²) >= 11 is 11.9. The van der Waals surface area contributed by atoms with Crippen LogP contribution in [0.5, 0.6) is 0 Å². The largest absolute Gasteiger partial charge is 0.367 e. The van der Waals surface area contributed by atoms with Crippen LogP contribution in [0.15, 0.2) is 42.5 Å². The fourth-order valence-corrected chi connectivity index (χ4v) is 3.60. The third kappa shape index (κ3) is 3.65. The second-order valence-corrected chi connectivity index (χ2v) is 6.92. The molecule has 2 aromatic rings. The lowest BCUT2D eigenvalue weighted by molar-refractivity contribution is 0.391. The third-order valence-electron chi connectivity index (χ3n) is 4.47. The molecule has 24 heavy (non-hydrogen) atoms. The predicted molar refractivity (Wildman–Crippen MR) is 107 cm³/mol. The number of benzene rings is 2. The predicted octanol–water partition coefficient (Wildman–Crippen LogP) is 4.48. The zero-order chi connectivity index (χ0) is 17.1. The Morgan fingerprint density at radius 1 is 0.958 bits per heavy atom. The van der Waals surface area contributed by atoms with Crippen molar-refractivity contribution in [2.45, 2.75) is 13.8 Å². The van der Waals surface area contributed by atoms with Gasteiger partial charge in [0.05, 0.1) is 10.7 Å². The van der Waals surface area contributed by atoms with Crippen molar-refractivity contribution in [3.63, 3.8) is 0 Å². The van der Waals surface area contributed by atoms with Gasteiger partial charge in [0.2, 0.25) is 0 Å². The summed E-state index contributed by atoms with van der Waals surface area (Å²) in [5, 5.41) is 5.03. The highest BCUT2D eigenvalue weighted by Crippen LogP contribution is 2.26. The molecule has 1 aliphatic heterocycles. The van der Waals surface area contributed by atoms with Crippen molar-refractivity contribution in [3.05, 3.63) is 58.6 Å². The number of piperazine rings is 1. The molecule has 0 radical (unpaired) electrons. The van der Waals surface area contributed by atoms with Gasteiger partial charge in [-0.25, -0.2) is 0 Å². The number of aryl methyl sites for hydroxylation is 2. The smallest absolute Gasteiger partial charge is 0.173 e. The van der Waals surface area contributed by atoms with E-state index in [0.29, 0.717) is 0 Å². The van der Waals surface area contributed by atoms with Crippen molar-refractivity contribution in [2.75, 3.05) is 36.4 Å². The van der Waals surface area contributed by atoms with Crippen LogP contribution in [-0.4, -0.2) is 36.2 Å². The number of anilines is 2. The van der Waals surface area contributed by atoms with Gasteiger partial charge in [-0.05, 0) is 49.3 Å². The number of para-hydroxylation sites is 2. The topological polar surface area (TPSA) is 18.5 Å². The van der Waals surface area contributed by atoms with Gasteiger partial charge in [-0.1, -0.05) is 41.9 Å². The van der Waals surface area contributed by atoms with Crippen molar-refractivity contribution < 1.29 is 0 Å². The molecule has 0 aliphatic carbocycles. The number of thiocarbonyl (C=S) groups is 1. The first kappa shape index (κ1) is 17.1. The molecule has 1 fully saturated rings. The fraction of sp³-hybridized carbons (Fsp3) is 0.316. The minimum atomic E-state index is 0.797. The minimum absolute atomic E-state index is 0.797. The lowest BCUT2D eigenvalue weighted by atomic mass is 10.1. The first-order valence-electron chi connectivity index (χ1n) is 8.18. The van der Waals surface area contributed by atoms with Gasteiger partial charge in [0, 0.05) is 31.9 Å². The number of halogens is 1. The molecule has 1 N–H and O–H groups in total. The Morgan fingerprint density at radius 2 is 1.58 bits per heavy atom. The van der Waals surface area contributed by atoms with E-state index in [-0.39, 0.29) is 0 Å². The second kappa shape index (κ2) is 7.41. The fourth-order valence-electron chi connectivity index (χ4n) is 3.06. The van der Waals surface area contributed by atoms with Crippen LogP contribution in [0.25, 0.3) is 0 Å². The normalized spacial score (nSPS) is 14.6. The van der Waals surface area contributed by atoms with Crippen LogP contribution in [0.3, 0.4) is 0 Å². The van der Waals surface area contributed by atoms with E-state index in [1.165, 1.54) is 11.1 Å². The van der Waals surface area contributed by atoms with E-state index in [1.54, 1.807) is 0 Å². The molecule has 0 bridgehead atoms. The lowest BCUT2D eigenvalue weighted by Gasteiger charge is -2.38. The van der Waals surface area contributed by atoms with Crippen LogP contribution in [0.4, 0.5) is 11.4 Å². The standard InChI is InChI=1S/C19H22ClN3S/c1-14-6-5-7-15(2)18(14)21-19(24)23-12-10-22(11-13-23)17-9-4-3-8-16(17)20/h3-9H,10-13H2,1-2H3,(H,21,24). The Bertz CT molecular complexity index is 719. The molecule has 2 aromatic carbocycles. The molecule has 3 nitrogen and oxygen atoms in total. The van der Waals surface area contributed by atoms with E-state index < -0.39 is 0 Å². The van der Waals surface area contributed by atoms with Crippen molar-refractivity contribution in [1.82, 2.24) is 4.90 Å². The van der Waals surface area contributed by atoms with Crippen LogP contribution >= 0.6 is 23.8 Å². The Morgan fingerprint density at radius 3 is 2.21 bits per heavy atom. The van der Waals surface area contributed by atoms with Crippen molar-refractivity contribution in [2.24, 2.45) is 0 Å². The van der Waals surface area contributed by atoms with Gasteiger partial charge < -0.3 is 15.1 Å². The highest BCUT2D eigenvalue weighted by atomic mass is 35.5. The summed E-state index contributed by atoms with van der Waals surface area (Å²) < 4.78 is 0. The van der Waals surface area contributed by atoms with E-state index in [2.05, 4.69) is 53.2 Å². The Labute approximate surface area is 154 Å². The maximum Gasteiger partial charge on any atom is 0.173 e. The molecule has 0 spiro atoms. The SMILES string of the molecule is Cc1cccc(C)c1NC(=S)N1CCN(c2ccccc2Cl)CC1. The highest BCUT2D eigenvalue weighted by Gasteiger charge is 2.21. The van der Waals surface area contributed by atoms with Gasteiger partial charge in [-0.2, -0.15) is 0 Å². The molecule has 1 heterocycles. The average Bonchev–Trinajstić information content (AvgIpc) is 2.59. The van der Waals surface area contributed by atoms with Gasteiger partial charge in [0.15, 0.2) is 5.11 Å². The molecular weight excluding hydrogens is 338 g/mol. The lowest BCUT2D eigenvalue weighted by Crippen LogP contribution is -2.50. The zero-order valence-electron chi connectivity index (χ0n) is 14.1. The highest BCUT2D eigenvalue weighted by molar-refractivity contribution is 7.80. The number of nitrogens with one attached hydrogen (secondary N) is 1. The summed E-state index contributed by atoms with van der Waals surface area (Å²) in [5.41, 5.74) is 4.66. The van der Waals surface area contributed by atoms with Crippen LogP contribution in [0.2, 0.25) is 5.02 Å². The molecule has 126 valence electrons. The third-order valence-corrected chi connectivity index (χ3v) is 5.15. The van der Waals surface area contributed by atoms with Gasteiger partial charge in [0.25, 0.3) is 0 Å². The average molecular weight is 360 g/mol. The first-order chi connectivity index (χ1) is 11.6. The van der Waals surface area contributed by atoms with E-state index >= 15 is 0 Å². The van der Waals surface area contributed by atoms with Crippen LogP contribution in [-0.2, 0) is 0 Å². The molecular formula is C19H22ClN3S. The van der Waals surface area contributed by atoms with Crippen molar-refractivity contribution >= 4 is 40.3 Å². The van der Waals surface area contributed by atoms with E-state index in [4.69, 9.17) is 23.8 Å². The Balaban J connectivity index is 1.62. The monoisotopic (exact) mass is 359 g/mol. The Kier molecular flexibility index (Phi) is 5.27. The van der Waals surface area contributed by atoms with E-state index in [0.717, 1.165) is 47.7 Å². The molecule has 0 aromatic heterocycles. The summed E-state index contributed by atoms with van der Waals surface area (Å²) in [7, 11) is 0. The van der Waals surface area contributed by atoms with Crippen LogP contribution in [0.1, 0.15) is 11.1 Å². The maximum atomic E-state index is 6.31.